The van der Waals surface area contributed by atoms with Crippen LogP contribution < -0.4 is 5.73 Å². The molecule has 0 bridgehead atoms. The molecule has 0 fully saturated rings. The molecule has 0 saturated heterocycles. The summed E-state index contributed by atoms with van der Waals surface area (Å²) in [5.41, 5.74) is 6.77. The molecule has 0 radical (unpaired) electrons. The summed E-state index contributed by atoms with van der Waals surface area (Å²) in [4.78, 5) is 0. The molecular weight excluding hydrogens is 217 g/mol. The molecular formula is C11H17Cl2N. The van der Waals surface area contributed by atoms with Crippen molar-refractivity contribution in [1.82, 2.24) is 0 Å². The molecule has 0 unspecified atom stereocenters. The Hall–Kier alpha value is -0.240. The number of benzene rings is 1. The van der Waals surface area contributed by atoms with Gasteiger partial charge in [0, 0.05) is 5.02 Å². The summed E-state index contributed by atoms with van der Waals surface area (Å²) in [7, 11) is 0. The van der Waals surface area contributed by atoms with Gasteiger partial charge < -0.3 is 5.73 Å². The van der Waals surface area contributed by atoms with E-state index in [2.05, 4.69) is 12.1 Å². The molecule has 14 heavy (non-hydrogen) atoms. The Bertz CT molecular complexity index is 234. The van der Waals surface area contributed by atoms with E-state index in [4.69, 9.17) is 17.3 Å². The molecule has 0 aliphatic rings. The first kappa shape index (κ1) is 13.8. The molecule has 0 aliphatic heterocycles. The van der Waals surface area contributed by atoms with Crippen LogP contribution >= 0.6 is 24.0 Å². The third-order valence-electron chi connectivity index (χ3n) is 2.08. The van der Waals surface area contributed by atoms with Gasteiger partial charge in [0.05, 0.1) is 0 Å². The van der Waals surface area contributed by atoms with Gasteiger partial charge in [-0.2, -0.15) is 0 Å². The maximum Gasteiger partial charge on any atom is 0.0406 e. The van der Waals surface area contributed by atoms with Crippen LogP contribution in [0.25, 0.3) is 0 Å². The molecule has 0 amide bonds. The average Bonchev–Trinajstić information content (AvgIpc) is 2.15. The van der Waals surface area contributed by atoms with E-state index in [0.717, 1.165) is 24.4 Å². The van der Waals surface area contributed by atoms with Gasteiger partial charge in [0.25, 0.3) is 0 Å². The van der Waals surface area contributed by atoms with Gasteiger partial charge in [-0.25, -0.2) is 0 Å². The zero-order chi connectivity index (χ0) is 9.52. The van der Waals surface area contributed by atoms with Crippen LogP contribution in [0.5, 0.6) is 0 Å². The molecule has 1 nitrogen and oxygen atoms in total. The fraction of sp³-hybridized carbons (Fsp3) is 0.455. The Morgan fingerprint density at radius 2 is 1.64 bits per heavy atom. The van der Waals surface area contributed by atoms with Crippen LogP contribution in [0.15, 0.2) is 24.3 Å². The normalized spacial score (nSPS) is 9.57. The fourth-order valence-electron chi connectivity index (χ4n) is 1.30. The Kier molecular flexibility index (Phi) is 7.96. The Morgan fingerprint density at radius 1 is 1.00 bits per heavy atom. The molecule has 0 saturated carbocycles. The van der Waals surface area contributed by atoms with E-state index in [1.165, 1.54) is 18.4 Å². The molecule has 0 atom stereocenters. The highest BCUT2D eigenvalue weighted by molar-refractivity contribution is 6.30. The van der Waals surface area contributed by atoms with E-state index < -0.39 is 0 Å². The highest BCUT2D eigenvalue weighted by Crippen LogP contribution is 2.11. The van der Waals surface area contributed by atoms with Crippen LogP contribution in [-0.4, -0.2) is 6.54 Å². The topological polar surface area (TPSA) is 26.0 Å². The van der Waals surface area contributed by atoms with Gasteiger partial charge in [-0.05, 0) is 43.5 Å². The predicted molar refractivity (Wildman–Crippen MR) is 65.3 cm³/mol. The van der Waals surface area contributed by atoms with Gasteiger partial charge >= 0.3 is 0 Å². The number of nitrogens with two attached hydrogens (primary N) is 1. The molecule has 0 spiro atoms. The fourth-order valence-corrected chi connectivity index (χ4v) is 1.43. The Morgan fingerprint density at radius 3 is 2.21 bits per heavy atom. The second-order valence-electron chi connectivity index (χ2n) is 3.23. The minimum atomic E-state index is 0. The largest absolute Gasteiger partial charge is 0.330 e. The smallest absolute Gasteiger partial charge is 0.0406 e. The van der Waals surface area contributed by atoms with Crippen LogP contribution in [0.4, 0.5) is 0 Å². The highest BCUT2D eigenvalue weighted by atomic mass is 35.5. The zero-order valence-corrected chi connectivity index (χ0v) is 9.78. The van der Waals surface area contributed by atoms with E-state index in [9.17, 15) is 0 Å². The number of aryl methyl sites for hydroxylation is 1. The molecule has 1 aromatic rings. The molecule has 0 aliphatic carbocycles. The van der Waals surface area contributed by atoms with E-state index in [0.29, 0.717) is 0 Å². The molecule has 3 heteroatoms. The first-order chi connectivity index (χ1) is 6.33. The van der Waals surface area contributed by atoms with Crippen LogP contribution in [-0.2, 0) is 6.42 Å². The van der Waals surface area contributed by atoms with Crippen molar-refractivity contribution in [3.05, 3.63) is 34.9 Å². The Balaban J connectivity index is 0.00000169. The second-order valence-corrected chi connectivity index (χ2v) is 3.66. The molecule has 0 heterocycles. The lowest BCUT2D eigenvalue weighted by Gasteiger charge is -2.00. The molecule has 2 N–H and O–H groups in total. The third kappa shape index (κ3) is 5.48. The number of hydrogen-bond acceptors (Lipinski definition) is 1. The number of unbranched alkanes of at least 4 members (excludes halogenated alkanes) is 2. The molecule has 0 aromatic heterocycles. The van der Waals surface area contributed by atoms with Crippen molar-refractivity contribution < 1.29 is 0 Å². The minimum Gasteiger partial charge on any atom is -0.330 e. The summed E-state index contributed by atoms with van der Waals surface area (Å²) in [6, 6.07) is 8.06. The van der Waals surface area contributed by atoms with Crippen LogP contribution in [0.3, 0.4) is 0 Å². The monoisotopic (exact) mass is 233 g/mol. The first-order valence-electron chi connectivity index (χ1n) is 4.77. The highest BCUT2D eigenvalue weighted by Gasteiger charge is 1.93. The number of halogens is 2. The Labute approximate surface area is 97.1 Å². The minimum absolute atomic E-state index is 0. The van der Waals surface area contributed by atoms with Gasteiger partial charge in [-0.3, -0.25) is 0 Å². The zero-order valence-electron chi connectivity index (χ0n) is 8.21. The number of hydrogen-bond donors (Lipinski definition) is 1. The molecule has 80 valence electrons. The molecule has 1 aromatic carbocycles. The third-order valence-corrected chi connectivity index (χ3v) is 2.33. The quantitative estimate of drug-likeness (QED) is 0.776. The average molecular weight is 234 g/mol. The van der Waals surface area contributed by atoms with Crippen molar-refractivity contribution in [2.24, 2.45) is 5.73 Å². The lowest BCUT2D eigenvalue weighted by molar-refractivity contribution is 0.686. The van der Waals surface area contributed by atoms with Gasteiger partial charge in [-0.1, -0.05) is 30.2 Å². The van der Waals surface area contributed by atoms with Crippen molar-refractivity contribution in [2.75, 3.05) is 6.54 Å². The summed E-state index contributed by atoms with van der Waals surface area (Å²) in [5, 5.41) is 0.811. The van der Waals surface area contributed by atoms with Crippen LogP contribution in [0.2, 0.25) is 5.02 Å². The lowest BCUT2D eigenvalue weighted by Crippen LogP contribution is -1.98. The van der Waals surface area contributed by atoms with E-state index >= 15 is 0 Å². The van der Waals surface area contributed by atoms with Gasteiger partial charge in [-0.15, -0.1) is 12.4 Å². The predicted octanol–water partition coefficient (Wildman–Crippen LogP) is 3.43. The maximum atomic E-state index is 5.78. The SMILES string of the molecule is Cl.NCCCCCc1ccc(Cl)cc1. The van der Waals surface area contributed by atoms with Gasteiger partial charge in [0.2, 0.25) is 0 Å². The standard InChI is InChI=1S/C11H16ClN.ClH/c12-11-7-5-10(6-8-11)4-2-1-3-9-13;/h5-8H,1-4,9,13H2;1H. The van der Waals surface area contributed by atoms with Gasteiger partial charge in [0.1, 0.15) is 0 Å². The van der Waals surface area contributed by atoms with Crippen molar-refractivity contribution in [3.8, 4) is 0 Å². The van der Waals surface area contributed by atoms with E-state index in [1.807, 2.05) is 12.1 Å². The maximum absolute atomic E-state index is 5.78. The van der Waals surface area contributed by atoms with Crippen molar-refractivity contribution >= 4 is 24.0 Å². The summed E-state index contributed by atoms with van der Waals surface area (Å²) in [6.45, 7) is 0.806. The first-order valence-corrected chi connectivity index (χ1v) is 5.15. The summed E-state index contributed by atoms with van der Waals surface area (Å²) in [5.74, 6) is 0. The van der Waals surface area contributed by atoms with Crippen molar-refractivity contribution in [1.29, 1.82) is 0 Å². The van der Waals surface area contributed by atoms with Gasteiger partial charge in [0.15, 0.2) is 0 Å². The van der Waals surface area contributed by atoms with E-state index in [-0.39, 0.29) is 12.4 Å². The van der Waals surface area contributed by atoms with Crippen LogP contribution in [0, 0.1) is 0 Å². The second kappa shape index (κ2) is 8.10. The lowest BCUT2D eigenvalue weighted by atomic mass is 10.1. The van der Waals surface area contributed by atoms with Crippen molar-refractivity contribution in [3.63, 3.8) is 0 Å². The summed E-state index contributed by atoms with van der Waals surface area (Å²) < 4.78 is 0. The summed E-state index contributed by atoms with van der Waals surface area (Å²) >= 11 is 5.78. The number of rotatable bonds is 5. The summed E-state index contributed by atoms with van der Waals surface area (Å²) in [6.07, 6.45) is 4.71. The van der Waals surface area contributed by atoms with Crippen molar-refractivity contribution in [2.45, 2.75) is 25.7 Å². The molecule has 1 rings (SSSR count). The van der Waals surface area contributed by atoms with Crippen LogP contribution in [0.1, 0.15) is 24.8 Å². The van der Waals surface area contributed by atoms with E-state index in [1.54, 1.807) is 0 Å².